The van der Waals surface area contributed by atoms with E-state index in [-0.39, 0.29) is 24.4 Å². The highest BCUT2D eigenvalue weighted by atomic mass is 16.5. The van der Waals surface area contributed by atoms with Crippen molar-refractivity contribution in [3.05, 3.63) is 24.3 Å². The highest BCUT2D eigenvalue weighted by Gasteiger charge is 2.30. The molecule has 6 heteroatoms. The number of hydrogen-bond donors (Lipinski definition) is 3. The molecule has 0 aliphatic heterocycles. The molecule has 1 unspecified atom stereocenters. The molecule has 0 aromatic heterocycles. The molecule has 2 amide bonds. The van der Waals surface area contributed by atoms with E-state index in [0.29, 0.717) is 6.04 Å². The summed E-state index contributed by atoms with van der Waals surface area (Å²) in [6.07, 6.45) is 2.13. The minimum Gasteiger partial charge on any atom is -0.497 e. The van der Waals surface area contributed by atoms with Crippen LogP contribution in [0.2, 0.25) is 0 Å². The van der Waals surface area contributed by atoms with Crippen molar-refractivity contribution in [1.29, 1.82) is 0 Å². The molecule has 1 aromatic rings. The van der Waals surface area contributed by atoms with Crippen molar-refractivity contribution in [2.75, 3.05) is 25.5 Å². The summed E-state index contributed by atoms with van der Waals surface area (Å²) in [5, 5.41) is 5.86. The van der Waals surface area contributed by atoms with Crippen LogP contribution in [0, 0.1) is 0 Å². The Balaban J connectivity index is 1.86. The maximum atomic E-state index is 12.2. The number of benzene rings is 1. The predicted molar refractivity (Wildman–Crippen MR) is 88.6 cm³/mol. The third kappa shape index (κ3) is 5.25. The summed E-state index contributed by atoms with van der Waals surface area (Å²) >= 11 is 0. The SMILES string of the molecule is CC[NH+](CC(=O)Nc1ccc(OC)cc1)[C@@H](C)C(=O)NC1CC1. The molecule has 1 fully saturated rings. The lowest BCUT2D eigenvalue weighted by molar-refractivity contribution is -0.904. The third-order valence-electron chi connectivity index (χ3n) is 4.14. The summed E-state index contributed by atoms with van der Waals surface area (Å²) in [7, 11) is 1.60. The first-order valence-corrected chi connectivity index (χ1v) is 8.12. The van der Waals surface area contributed by atoms with Crippen LogP contribution in [0.25, 0.3) is 0 Å². The first-order valence-electron chi connectivity index (χ1n) is 8.12. The summed E-state index contributed by atoms with van der Waals surface area (Å²) in [4.78, 5) is 25.3. The lowest BCUT2D eigenvalue weighted by Crippen LogP contribution is -3.17. The Morgan fingerprint density at radius 3 is 2.48 bits per heavy atom. The largest absolute Gasteiger partial charge is 0.497 e. The zero-order chi connectivity index (χ0) is 16.8. The van der Waals surface area contributed by atoms with Crippen molar-refractivity contribution < 1.29 is 19.2 Å². The van der Waals surface area contributed by atoms with Gasteiger partial charge in [-0.05, 0) is 51.0 Å². The highest BCUT2D eigenvalue weighted by Crippen LogP contribution is 2.18. The second-order valence-corrected chi connectivity index (χ2v) is 5.97. The maximum absolute atomic E-state index is 12.2. The fourth-order valence-electron chi connectivity index (χ4n) is 2.41. The van der Waals surface area contributed by atoms with E-state index in [4.69, 9.17) is 4.74 Å². The molecule has 0 saturated heterocycles. The van der Waals surface area contributed by atoms with E-state index < -0.39 is 0 Å². The second kappa shape index (κ2) is 7.97. The van der Waals surface area contributed by atoms with Crippen molar-refractivity contribution in [2.45, 2.75) is 38.8 Å². The monoisotopic (exact) mass is 320 g/mol. The molecule has 0 heterocycles. The zero-order valence-corrected chi connectivity index (χ0v) is 14.0. The van der Waals surface area contributed by atoms with E-state index in [1.165, 1.54) is 0 Å². The molecule has 1 saturated carbocycles. The topological polar surface area (TPSA) is 71.9 Å². The molecule has 0 radical (unpaired) electrons. The Labute approximate surface area is 137 Å². The molecule has 6 nitrogen and oxygen atoms in total. The van der Waals surface area contributed by atoms with E-state index in [2.05, 4.69) is 10.6 Å². The van der Waals surface area contributed by atoms with Gasteiger partial charge in [0.05, 0.1) is 13.7 Å². The maximum Gasteiger partial charge on any atom is 0.279 e. The predicted octanol–water partition coefficient (Wildman–Crippen LogP) is 0.206. The zero-order valence-electron chi connectivity index (χ0n) is 14.0. The first-order chi connectivity index (χ1) is 11.0. The number of rotatable bonds is 8. The van der Waals surface area contributed by atoms with Crippen LogP contribution in [0.3, 0.4) is 0 Å². The number of quaternary nitrogens is 1. The summed E-state index contributed by atoms with van der Waals surface area (Å²) in [5.41, 5.74) is 0.723. The van der Waals surface area contributed by atoms with Crippen LogP contribution in [0.5, 0.6) is 5.75 Å². The second-order valence-electron chi connectivity index (χ2n) is 5.97. The van der Waals surface area contributed by atoms with Crippen molar-refractivity contribution in [2.24, 2.45) is 0 Å². The normalized spacial score (nSPS) is 16.3. The molecule has 2 atom stereocenters. The highest BCUT2D eigenvalue weighted by molar-refractivity contribution is 5.91. The lowest BCUT2D eigenvalue weighted by atomic mass is 10.2. The number of anilines is 1. The minimum atomic E-state index is -0.234. The number of hydrogen-bond acceptors (Lipinski definition) is 3. The number of carbonyl (C=O) groups is 2. The van der Waals surface area contributed by atoms with Gasteiger partial charge in [0, 0.05) is 11.7 Å². The van der Waals surface area contributed by atoms with Crippen molar-refractivity contribution in [1.82, 2.24) is 5.32 Å². The smallest absolute Gasteiger partial charge is 0.279 e. The van der Waals surface area contributed by atoms with Gasteiger partial charge in [-0.25, -0.2) is 0 Å². The van der Waals surface area contributed by atoms with Crippen LogP contribution in [0.1, 0.15) is 26.7 Å². The van der Waals surface area contributed by atoms with Gasteiger partial charge in [-0.1, -0.05) is 0 Å². The quantitative estimate of drug-likeness (QED) is 0.641. The van der Waals surface area contributed by atoms with Gasteiger partial charge in [-0.15, -0.1) is 0 Å². The summed E-state index contributed by atoms with van der Waals surface area (Å²) in [6, 6.07) is 7.30. The van der Waals surface area contributed by atoms with E-state index >= 15 is 0 Å². The Hall–Kier alpha value is -2.08. The number of ether oxygens (including phenoxy) is 1. The third-order valence-corrected chi connectivity index (χ3v) is 4.14. The standard InChI is InChI=1S/C17H25N3O3/c1-4-20(12(2)17(22)19-14-5-6-14)11-16(21)18-13-7-9-15(23-3)10-8-13/h7-10,12,14H,4-6,11H2,1-3H3,(H,18,21)(H,19,22)/p+1/t12-/m0/s1. The van der Waals surface area contributed by atoms with Crippen molar-refractivity contribution >= 4 is 17.5 Å². The van der Waals surface area contributed by atoms with Gasteiger partial charge in [-0.2, -0.15) is 0 Å². The van der Waals surface area contributed by atoms with Gasteiger partial charge in [0.15, 0.2) is 12.6 Å². The molecular formula is C17H26N3O3+. The number of likely N-dealkylation sites (N-methyl/N-ethyl adjacent to an activating group) is 1. The lowest BCUT2D eigenvalue weighted by Gasteiger charge is -2.23. The Morgan fingerprint density at radius 2 is 1.96 bits per heavy atom. The molecule has 2 rings (SSSR count). The minimum absolute atomic E-state index is 0.0293. The van der Waals surface area contributed by atoms with Crippen molar-refractivity contribution in [3.8, 4) is 5.75 Å². The van der Waals surface area contributed by atoms with Crippen LogP contribution in [0.15, 0.2) is 24.3 Å². The molecule has 0 spiro atoms. The van der Waals surface area contributed by atoms with E-state index in [9.17, 15) is 9.59 Å². The molecule has 1 aromatic carbocycles. The summed E-state index contributed by atoms with van der Waals surface area (Å²) in [6.45, 7) is 4.84. The van der Waals surface area contributed by atoms with E-state index in [1.807, 2.05) is 13.8 Å². The first kappa shape index (κ1) is 17.3. The fourth-order valence-corrected chi connectivity index (χ4v) is 2.41. The van der Waals surface area contributed by atoms with Crippen LogP contribution in [-0.4, -0.2) is 44.1 Å². The molecule has 1 aliphatic rings. The molecule has 23 heavy (non-hydrogen) atoms. The van der Waals surface area contributed by atoms with Gasteiger partial charge < -0.3 is 20.3 Å². The van der Waals surface area contributed by atoms with Gasteiger partial charge in [-0.3, -0.25) is 9.59 Å². The van der Waals surface area contributed by atoms with Gasteiger partial charge in [0.1, 0.15) is 5.75 Å². The summed E-state index contributed by atoms with van der Waals surface area (Å²) < 4.78 is 5.09. The van der Waals surface area contributed by atoms with Crippen LogP contribution >= 0.6 is 0 Å². The van der Waals surface area contributed by atoms with Crippen LogP contribution < -0.4 is 20.3 Å². The number of amides is 2. The Bertz CT molecular complexity index is 541. The van der Waals surface area contributed by atoms with E-state index in [1.54, 1.807) is 31.4 Å². The molecule has 3 N–H and O–H groups in total. The number of carbonyl (C=O) groups excluding carboxylic acids is 2. The molecular weight excluding hydrogens is 294 g/mol. The fraction of sp³-hybridized carbons (Fsp3) is 0.529. The van der Waals surface area contributed by atoms with Crippen molar-refractivity contribution in [3.63, 3.8) is 0 Å². The number of nitrogens with one attached hydrogen (secondary N) is 3. The Kier molecular flexibility index (Phi) is 5.98. The van der Waals surface area contributed by atoms with Crippen LogP contribution in [0.4, 0.5) is 5.69 Å². The molecule has 1 aliphatic carbocycles. The van der Waals surface area contributed by atoms with Gasteiger partial charge in [0.2, 0.25) is 0 Å². The van der Waals surface area contributed by atoms with Gasteiger partial charge >= 0.3 is 0 Å². The Morgan fingerprint density at radius 1 is 1.30 bits per heavy atom. The summed E-state index contributed by atoms with van der Waals surface area (Å²) in [5.74, 6) is 0.675. The van der Waals surface area contributed by atoms with Crippen LogP contribution in [-0.2, 0) is 9.59 Å². The van der Waals surface area contributed by atoms with E-state index in [0.717, 1.165) is 35.7 Å². The number of methoxy groups -OCH3 is 1. The molecule has 126 valence electrons. The average Bonchev–Trinajstić information content (AvgIpc) is 3.36. The molecule has 0 bridgehead atoms. The van der Waals surface area contributed by atoms with Gasteiger partial charge in [0.25, 0.3) is 11.8 Å². The average molecular weight is 320 g/mol.